The van der Waals surface area contributed by atoms with Crippen LogP contribution in [0, 0.1) is 6.92 Å². The summed E-state index contributed by atoms with van der Waals surface area (Å²) in [6, 6.07) is 21.0. The molecule has 2 N–H and O–H groups in total. The maximum Gasteiger partial charge on any atom is 0.214 e. The average molecular weight is 406 g/mol. The number of anilines is 1. The Balaban J connectivity index is 1.22. The molecule has 0 fully saturated rings. The lowest BCUT2D eigenvalue weighted by molar-refractivity contribution is -0.677. The smallest absolute Gasteiger partial charge is 0.214 e. The Morgan fingerprint density at radius 2 is 1.40 bits per heavy atom. The van der Waals surface area contributed by atoms with Crippen LogP contribution in [0.2, 0.25) is 0 Å². The van der Waals surface area contributed by atoms with Gasteiger partial charge in [-0.25, -0.2) is 0 Å². The second kappa shape index (κ2) is 12.3. The van der Waals surface area contributed by atoms with E-state index in [1.807, 2.05) is 6.07 Å². The molecule has 3 aromatic rings. The van der Waals surface area contributed by atoms with Gasteiger partial charge >= 0.3 is 0 Å². The molecule has 1 heterocycles. The monoisotopic (exact) mass is 405 g/mol. The van der Waals surface area contributed by atoms with Crippen molar-refractivity contribution in [1.29, 1.82) is 0 Å². The van der Waals surface area contributed by atoms with Crippen LogP contribution in [0.25, 0.3) is 10.9 Å². The van der Waals surface area contributed by atoms with Crippen molar-refractivity contribution in [3.63, 3.8) is 0 Å². The van der Waals surface area contributed by atoms with Gasteiger partial charge in [-0.1, -0.05) is 74.6 Å². The molecule has 0 saturated heterocycles. The van der Waals surface area contributed by atoms with E-state index in [1.165, 1.54) is 68.1 Å². The first-order chi connectivity index (χ1) is 14.8. The second-order valence-electron chi connectivity index (χ2n) is 8.28. The Kier molecular flexibility index (Phi) is 9.17. The second-order valence-corrected chi connectivity index (χ2v) is 8.28. The molecular formula is C27H37N2O+. The van der Waals surface area contributed by atoms with Crippen LogP contribution in [-0.4, -0.2) is 6.61 Å². The molecular weight excluding hydrogens is 368 g/mol. The number of rotatable bonds is 13. The Bertz CT molecular complexity index is 892. The van der Waals surface area contributed by atoms with Crippen LogP contribution >= 0.6 is 0 Å². The number of pyridine rings is 1. The van der Waals surface area contributed by atoms with E-state index in [0.717, 1.165) is 30.8 Å². The molecule has 0 aliphatic heterocycles. The third-order valence-electron chi connectivity index (χ3n) is 5.83. The van der Waals surface area contributed by atoms with E-state index >= 15 is 0 Å². The van der Waals surface area contributed by atoms with Crippen molar-refractivity contribution in [1.82, 2.24) is 0 Å². The zero-order chi connectivity index (χ0) is 21.0. The minimum atomic E-state index is 0.738. The molecule has 160 valence electrons. The number of nitrogens with zero attached hydrogens (tertiary/aromatic N) is 1. The van der Waals surface area contributed by atoms with E-state index in [-0.39, 0.29) is 0 Å². The summed E-state index contributed by atoms with van der Waals surface area (Å²) in [7, 11) is 0. The fourth-order valence-electron chi connectivity index (χ4n) is 4.12. The van der Waals surface area contributed by atoms with E-state index in [1.54, 1.807) is 0 Å². The molecule has 0 radical (unpaired) electrons. The van der Waals surface area contributed by atoms with Crippen LogP contribution in [-0.2, 0) is 17.9 Å². The molecule has 0 spiro atoms. The zero-order valence-electron chi connectivity index (χ0n) is 18.5. The van der Waals surface area contributed by atoms with E-state index in [9.17, 15) is 0 Å². The van der Waals surface area contributed by atoms with Crippen molar-refractivity contribution >= 4 is 16.6 Å². The minimum absolute atomic E-state index is 0.738. The molecule has 0 unspecified atom stereocenters. The standard InChI is InChI=1S/C27H36N2O/c1-23-21-26(28)25-17-11-12-18-27(25)29(23)19-13-6-4-2-3-5-7-14-20-30-22-24-15-9-8-10-16-24/h8-12,15-18,21,28H,2-7,13-14,19-20,22H2,1H3/p+1. The normalized spacial score (nSPS) is 11.2. The van der Waals surface area contributed by atoms with Crippen LogP contribution in [0.3, 0.4) is 0 Å². The molecule has 0 aliphatic carbocycles. The van der Waals surface area contributed by atoms with Crippen molar-refractivity contribution in [3.05, 3.63) is 71.9 Å². The van der Waals surface area contributed by atoms with Crippen molar-refractivity contribution in [2.24, 2.45) is 0 Å². The number of hydrogen-bond donors (Lipinski definition) is 1. The summed E-state index contributed by atoms with van der Waals surface area (Å²) in [5.74, 6) is 0. The van der Waals surface area contributed by atoms with Crippen molar-refractivity contribution in [3.8, 4) is 0 Å². The number of para-hydroxylation sites is 1. The first-order valence-corrected chi connectivity index (χ1v) is 11.5. The van der Waals surface area contributed by atoms with Gasteiger partial charge in [0, 0.05) is 32.1 Å². The number of ether oxygens (including phenoxy) is 1. The molecule has 30 heavy (non-hydrogen) atoms. The van der Waals surface area contributed by atoms with Gasteiger partial charge < -0.3 is 10.5 Å². The highest BCUT2D eigenvalue weighted by molar-refractivity contribution is 5.87. The third kappa shape index (κ3) is 6.84. The van der Waals surface area contributed by atoms with Crippen molar-refractivity contribution in [2.45, 2.75) is 71.4 Å². The molecule has 0 atom stereocenters. The average Bonchev–Trinajstić information content (AvgIpc) is 2.77. The molecule has 0 bridgehead atoms. The number of benzene rings is 2. The van der Waals surface area contributed by atoms with Gasteiger partial charge in [0.25, 0.3) is 0 Å². The van der Waals surface area contributed by atoms with Crippen LogP contribution in [0.4, 0.5) is 5.69 Å². The van der Waals surface area contributed by atoms with Crippen LogP contribution in [0.5, 0.6) is 0 Å². The van der Waals surface area contributed by atoms with Gasteiger partial charge in [0.1, 0.15) is 6.54 Å². The fourth-order valence-corrected chi connectivity index (χ4v) is 4.12. The minimum Gasteiger partial charge on any atom is -0.398 e. The highest BCUT2D eigenvalue weighted by Crippen LogP contribution is 2.19. The van der Waals surface area contributed by atoms with Gasteiger partial charge in [0.15, 0.2) is 5.69 Å². The quantitative estimate of drug-likeness (QED) is 0.266. The van der Waals surface area contributed by atoms with E-state index in [4.69, 9.17) is 10.5 Å². The lowest BCUT2D eigenvalue weighted by Crippen LogP contribution is -2.38. The first-order valence-electron chi connectivity index (χ1n) is 11.5. The van der Waals surface area contributed by atoms with Gasteiger partial charge in [-0.3, -0.25) is 0 Å². The third-order valence-corrected chi connectivity index (χ3v) is 5.83. The summed E-state index contributed by atoms with van der Waals surface area (Å²) in [5, 5.41) is 1.16. The number of unbranched alkanes of at least 4 members (excludes halogenated alkanes) is 7. The number of fused-ring (bicyclic) bond motifs is 1. The van der Waals surface area contributed by atoms with Crippen molar-refractivity contribution < 1.29 is 9.30 Å². The Morgan fingerprint density at radius 1 is 0.767 bits per heavy atom. The lowest BCUT2D eigenvalue weighted by atomic mass is 10.1. The summed E-state index contributed by atoms with van der Waals surface area (Å²) in [6.07, 6.45) is 10.3. The van der Waals surface area contributed by atoms with Crippen LogP contribution in [0.1, 0.15) is 62.6 Å². The van der Waals surface area contributed by atoms with Gasteiger partial charge in [0.2, 0.25) is 5.52 Å². The zero-order valence-corrected chi connectivity index (χ0v) is 18.5. The van der Waals surface area contributed by atoms with Gasteiger partial charge in [-0.2, -0.15) is 4.57 Å². The molecule has 0 amide bonds. The summed E-state index contributed by atoms with van der Waals surface area (Å²) < 4.78 is 8.18. The Labute approximate surface area is 181 Å². The Morgan fingerprint density at radius 3 is 2.17 bits per heavy atom. The number of nitrogens with two attached hydrogens (primary N) is 1. The first kappa shape index (κ1) is 22.3. The van der Waals surface area contributed by atoms with Gasteiger partial charge in [-0.15, -0.1) is 0 Å². The molecule has 3 rings (SSSR count). The van der Waals surface area contributed by atoms with E-state index in [2.05, 4.69) is 66.1 Å². The van der Waals surface area contributed by atoms with Gasteiger partial charge in [-0.05, 0) is 24.5 Å². The summed E-state index contributed by atoms with van der Waals surface area (Å²) >= 11 is 0. The predicted molar refractivity (Wildman–Crippen MR) is 126 cm³/mol. The largest absolute Gasteiger partial charge is 0.398 e. The fraction of sp³-hybridized carbons (Fsp3) is 0.444. The number of hydrogen-bond acceptors (Lipinski definition) is 2. The lowest BCUT2D eigenvalue weighted by Gasteiger charge is -2.07. The highest BCUT2D eigenvalue weighted by Gasteiger charge is 2.14. The predicted octanol–water partition coefficient (Wildman–Crippen LogP) is 6.36. The summed E-state index contributed by atoms with van der Waals surface area (Å²) in [6.45, 7) is 4.85. The number of aromatic nitrogens is 1. The SMILES string of the molecule is Cc1cc(N)c2ccccc2[n+]1CCCCCCCCCCOCc1ccccc1. The molecule has 0 saturated carbocycles. The maximum absolute atomic E-state index is 6.19. The number of aryl methyl sites for hydroxylation is 2. The van der Waals surface area contributed by atoms with Crippen molar-refractivity contribution in [2.75, 3.05) is 12.3 Å². The Hall–Kier alpha value is -2.39. The molecule has 3 nitrogen and oxygen atoms in total. The van der Waals surface area contributed by atoms with Gasteiger partial charge in [0.05, 0.1) is 17.7 Å². The maximum atomic E-state index is 6.19. The molecule has 1 aromatic heterocycles. The van der Waals surface area contributed by atoms with E-state index in [0.29, 0.717) is 0 Å². The topological polar surface area (TPSA) is 39.1 Å². The number of nitrogen functional groups attached to an aromatic ring is 1. The van der Waals surface area contributed by atoms with Crippen LogP contribution in [0.15, 0.2) is 60.7 Å². The van der Waals surface area contributed by atoms with E-state index < -0.39 is 0 Å². The molecule has 3 heteroatoms. The van der Waals surface area contributed by atoms with Crippen LogP contribution < -0.4 is 10.3 Å². The summed E-state index contributed by atoms with van der Waals surface area (Å²) in [5.41, 5.74) is 10.8. The molecule has 0 aliphatic rings. The summed E-state index contributed by atoms with van der Waals surface area (Å²) in [4.78, 5) is 0. The molecule has 2 aromatic carbocycles. The highest BCUT2D eigenvalue weighted by atomic mass is 16.5.